The van der Waals surface area contributed by atoms with Crippen LogP contribution in [0.15, 0.2) is 76.1 Å². The van der Waals surface area contributed by atoms with Crippen molar-refractivity contribution >= 4 is 43.2 Å². The lowest BCUT2D eigenvalue weighted by molar-refractivity contribution is 0.102. The third-order valence-corrected chi connectivity index (χ3v) is 7.59. The van der Waals surface area contributed by atoms with Crippen molar-refractivity contribution in [3.05, 3.63) is 87.9 Å². The molecular formula is C23H21BrN2O3S. The smallest absolute Gasteiger partial charge is 0.264 e. The van der Waals surface area contributed by atoms with E-state index in [1.54, 1.807) is 12.1 Å². The third-order valence-electron chi connectivity index (χ3n) is 5.12. The van der Waals surface area contributed by atoms with Crippen molar-refractivity contribution in [2.45, 2.75) is 24.7 Å². The van der Waals surface area contributed by atoms with Crippen LogP contribution >= 0.6 is 15.9 Å². The fraction of sp³-hybridized carbons (Fsp3) is 0.174. The summed E-state index contributed by atoms with van der Waals surface area (Å²) in [6.45, 7) is 2.38. The second-order valence-corrected chi connectivity index (χ2v) is 9.99. The van der Waals surface area contributed by atoms with Crippen molar-refractivity contribution < 1.29 is 13.2 Å². The monoisotopic (exact) mass is 484 g/mol. The van der Waals surface area contributed by atoms with Crippen LogP contribution in [0.3, 0.4) is 0 Å². The van der Waals surface area contributed by atoms with E-state index in [4.69, 9.17) is 0 Å². The molecule has 1 aliphatic heterocycles. The summed E-state index contributed by atoms with van der Waals surface area (Å²) >= 11 is 3.44. The first-order valence-electron chi connectivity index (χ1n) is 9.64. The van der Waals surface area contributed by atoms with Crippen LogP contribution in [-0.2, 0) is 16.4 Å². The van der Waals surface area contributed by atoms with Gasteiger partial charge in [-0.3, -0.25) is 9.10 Å². The molecule has 0 bridgehead atoms. The number of fused-ring (bicyclic) bond motifs is 1. The fourth-order valence-corrected chi connectivity index (χ4v) is 5.77. The van der Waals surface area contributed by atoms with Crippen LogP contribution in [-0.4, -0.2) is 20.9 Å². The van der Waals surface area contributed by atoms with Crippen LogP contribution in [0.1, 0.15) is 27.9 Å². The second-order valence-electron chi connectivity index (χ2n) is 7.27. The molecule has 0 atom stereocenters. The lowest BCUT2D eigenvalue weighted by Gasteiger charge is -2.30. The molecule has 1 amide bonds. The minimum absolute atomic E-state index is 0.106. The molecule has 0 aromatic heterocycles. The number of halogens is 1. The summed E-state index contributed by atoms with van der Waals surface area (Å²) in [5.41, 5.74) is 3.71. The number of sulfonamides is 1. The number of nitrogens with one attached hydrogen (secondary N) is 1. The molecule has 0 aliphatic carbocycles. The summed E-state index contributed by atoms with van der Waals surface area (Å²) in [7, 11) is -3.77. The minimum Gasteiger partial charge on any atom is -0.321 e. The Kier molecular flexibility index (Phi) is 5.66. The summed E-state index contributed by atoms with van der Waals surface area (Å²) in [6.07, 6.45) is 1.62. The van der Waals surface area contributed by atoms with Crippen molar-refractivity contribution in [1.29, 1.82) is 0 Å². The highest BCUT2D eigenvalue weighted by atomic mass is 79.9. The summed E-state index contributed by atoms with van der Waals surface area (Å²) in [4.78, 5) is 12.9. The molecule has 154 valence electrons. The van der Waals surface area contributed by atoms with E-state index in [-0.39, 0.29) is 16.4 Å². The number of carbonyl (C=O) groups excluding carboxylic acids is 1. The highest BCUT2D eigenvalue weighted by Gasteiger charge is 2.29. The molecule has 1 heterocycles. The normalized spacial score (nSPS) is 13.6. The first kappa shape index (κ1) is 20.6. The second kappa shape index (κ2) is 8.24. The zero-order valence-corrected chi connectivity index (χ0v) is 18.8. The van der Waals surface area contributed by atoms with Gasteiger partial charge in [0.2, 0.25) is 0 Å². The first-order chi connectivity index (χ1) is 14.4. The number of hydrogen-bond acceptors (Lipinski definition) is 3. The van der Waals surface area contributed by atoms with E-state index in [0.717, 1.165) is 28.4 Å². The number of nitrogens with zero attached hydrogens (tertiary/aromatic N) is 1. The molecule has 3 aromatic rings. The van der Waals surface area contributed by atoms with E-state index >= 15 is 0 Å². The third kappa shape index (κ3) is 4.00. The Morgan fingerprint density at radius 3 is 2.63 bits per heavy atom. The van der Waals surface area contributed by atoms with Crippen molar-refractivity contribution in [3.8, 4) is 0 Å². The van der Waals surface area contributed by atoms with Gasteiger partial charge < -0.3 is 5.32 Å². The van der Waals surface area contributed by atoms with Gasteiger partial charge in [0, 0.05) is 16.6 Å². The van der Waals surface area contributed by atoms with Crippen LogP contribution in [0.2, 0.25) is 0 Å². The zero-order valence-electron chi connectivity index (χ0n) is 16.4. The number of para-hydroxylation sites is 1. The lowest BCUT2D eigenvalue weighted by atomic mass is 10.0. The van der Waals surface area contributed by atoms with Crippen LogP contribution in [0.5, 0.6) is 0 Å². The van der Waals surface area contributed by atoms with Crippen molar-refractivity contribution in [1.82, 2.24) is 0 Å². The number of anilines is 2. The molecule has 0 spiro atoms. The van der Waals surface area contributed by atoms with Gasteiger partial charge in [0.05, 0.1) is 16.3 Å². The summed E-state index contributed by atoms with van der Waals surface area (Å²) in [5, 5.41) is 2.83. The van der Waals surface area contributed by atoms with E-state index in [1.807, 2.05) is 49.4 Å². The average Bonchev–Trinajstić information content (AvgIpc) is 2.75. The number of rotatable bonds is 4. The Bertz CT molecular complexity index is 1220. The van der Waals surface area contributed by atoms with Gasteiger partial charge in [-0.1, -0.05) is 30.3 Å². The van der Waals surface area contributed by atoms with Gasteiger partial charge in [-0.25, -0.2) is 8.42 Å². The Morgan fingerprint density at radius 2 is 1.83 bits per heavy atom. The van der Waals surface area contributed by atoms with E-state index < -0.39 is 10.0 Å². The highest BCUT2D eigenvalue weighted by Crippen LogP contribution is 2.32. The van der Waals surface area contributed by atoms with Crippen LogP contribution in [0.25, 0.3) is 0 Å². The van der Waals surface area contributed by atoms with Gasteiger partial charge in [0.15, 0.2) is 0 Å². The SMILES string of the molecule is Cc1ccc(NC(=O)c2cccc(S(=O)(=O)N3CCCc4ccccc43)c2)c(Br)c1. The largest absolute Gasteiger partial charge is 0.321 e. The number of carbonyl (C=O) groups is 1. The molecule has 0 fully saturated rings. The van der Waals surface area contributed by atoms with E-state index in [1.165, 1.54) is 16.4 Å². The van der Waals surface area contributed by atoms with Crippen molar-refractivity contribution in [2.24, 2.45) is 0 Å². The number of aryl methyl sites for hydroxylation is 2. The van der Waals surface area contributed by atoms with E-state index in [2.05, 4.69) is 21.2 Å². The van der Waals surface area contributed by atoms with E-state index in [0.29, 0.717) is 17.9 Å². The van der Waals surface area contributed by atoms with Gasteiger partial charge in [0.25, 0.3) is 15.9 Å². The number of hydrogen-bond donors (Lipinski definition) is 1. The van der Waals surface area contributed by atoms with E-state index in [9.17, 15) is 13.2 Å². The quantitative estimate of drug-likeness (QED) is 0.556. The Morgan fingerprint density at radius 1 is 1.03 bits per heavy atom. The average molecular weight is 485 g/mol. The Labute approximate surface area is 184 Å². The number of benzene rings is 3. The van der Waals surface area contributed by atoms with Gasteiger partial charge in [-0.2, -0.15) is 0 Å². The van der Waals surface area contributed by atoms with Crippen LogP contribution < -0.4 is 9.62 Å². The predicted octanol–water partition coefficient (Wildman–Crippen LogP) is 5.15. The minimum atomic E-state index is -3.77. The molecule has 1 aliphatic rings. The van der Waals surface area contributed by atoms with Crippen molar-refractivity contribution in [3.63, 3.8) is 0 Å². The molecule has 5 nitrogen and oxygen atoms in total. The molecular weight excluding hydrogens is 464 g/mol. The molecule has 4 rings (SSSR count). The summed E-state index contributed by atoms with van der Waals surface area (Å²) in [6, 6.07) is 19.3. The summed E-state index contributed by atoms with van der Waals surface area (Å²) in [5.74, 6) is -0.365. The fourth-order valence-electron chi connectivity index (χ4n) is 3.59. The van der Waals surface area contributed by atoms with Crippen molar-refractivity contribution in [2.75, 3.05) is 16.2 Å². The van der Waals surface area contributed by atoms with Crippen LogP contribution in [0, 0.1) is 6.92 Å². The van der Waals surface area contributed by atoms with Gasteiger partial charge in [-0.15, -0.1) is 0 Å². The maximum absolute atomic E-state index is 13.4. The summed E-state index contributed by atoms with van der Waals surface area (Å²) < 4.78 is 28.9. The zero-order chi connectivity index (χ0) is 21.3. The lowest BCUT2D eigenvalue weighted by Crippen LogP contribution is -2.35. The molecule has 0 saturated carbocycles. The molecule has 0 saturated heterocycles. The molecule has 7 heteroatoms. The topological polar surface area (TPSA) is 66.5 Å². The highest BCUT2D eigenvalue weighted by molar-refractivity contribution is 9.10. The maximum Gasteiger partial charge on any atom is 0.264 e. The molecule has 30 heavy (non-hydrogen) atoms. The predicted molar refractivity (Wildman–Crippen MR) is 123 cm³/mol. The number of amides is 1. The Balaban J connectivity index is 1.64. The first-order valence-corrected chi connectivity index (χ1v) is 11.9. The molecule has 0 unspecified atom stereocenters. The molecule has 3 aromatic carbocycles. The van der Waals surface area contributed by atoms with Gasteiger partial charge >= 0.3 is 0 Å². The molecule has 0 radical (unpaired) electrons. The molecule has 1 N–H and O–H groups in total. The Hall–Kier alpha value is -2.64. The van der Waals surface area contributed by atoms with Gasteiger partial charge in [-0.05, 0) is 83.2 Å². The van der Waals surface area contributed by atoms with Gasteiger partial charge in [0.1, 0.15) is 0 Å². The van der Waals surface area contributed by atoms with Crippen LogP contribution in [0.4, 0.5) is 11.4 Å². The maximum atomic E-state index is 13.4. The standard InChI is InChI=1S/C23H21BrN2O3S/c1-16-11-12-21(20(24)14-16)25-23(27)18-7-4-9-19(15-18)30(28,29)26-13-5-8-17-6-2-3-10-22(17)26/h2-4,6-7,9-12,14-15H,5,8,13H2,1H3,(H,25,27).